The van der Waals surface area contributed by atoms with Crippen LogP contribution < -0.4 is 15.5 Å². The number of aromatic nitrogens is 2. The highest BCUT2D eigenvalue weighted by Gasteiger charge is 2.31. The average Bonchev–Trinajstić information content (AvgIpc) is 3.34. The number of amides is 2. The first-order chi connectivity index (χ1) is 21.7. The first kappa shape index (κ1) is 34.5. The van der Waals surface area contributed by atoms with Crippen LogP contribution in [-0.2, 0) is 24.3 Å². The van der Waals surface area contributed by atoms with Crippen molar-refractivity contribution in [2.24, 2.45) is 5.92 Å². The maximum atomic E-state index is 14.1. The van der Waals surface area contributed by atoms with Gasteiger partial charge in [0.2, 0.25) is 0 Å². The lowest BCUT2D eigenvalue weighted by Gasteiger charge is -2.38. The number of fused-ring (bicyclic) bond motifs is 1. The summed E-state index contributed by atoms with van der Waals surface area (Å²) in [5, 5.41) is 17.4. The number of aliphatic hydroxyl groups is 1. The molecular weight excluding hydrogens is 628 g/mol. The summed E-state index contributed by atoms with van der Waals surface area (Å²) >= 11 is 13.5. The van der Waals surface area contributed by atoms with Gasteiger partial charge in [-0.1, -0.05) is 36.2 Å². The van der Waals surface area contributed by atoms with Gasteiger partial charge < -0.3 is 25.2 Å². The Kier molecular flexibility index (Phi) is 10.3. The molecule has 1 aromatic heterocycles. The van der Waals surface area contributed by atoms with E-state index in [2.05, 4.69) is 33.1 Å². The number of anilines is 1. The van der Waals surface area contributed by atoms with Crippen LogP contribution in [0.4, 0.5) is 10.1 Å². The number of halogens is 3. The second-order valence-corrected chi connectivity index (χ2v) is 14.7. The van der Waals surface area contributed by atoms with Crippen molar-refractivity contribution in [3.63, 3.8) is 0 Å². The SMILES string of the molecule is CCn1c(Cc2c(Cl)ccc(CNC(=O)C(C)(C)F)c2Cl)nc2cc(C(=O)NC3CCC(C)CC3)c(N3CCC(C)(O)CC3)cc21. The quantitative estimate of drug-likeness (QED) is 0.228. The lowest BCUT2D eigenvalue weighted by atomic mass is 9.87. The molecule has 0 spiro atoms. The number of aryl methyl sites for hydroxylation is 1. The number of rotatable bonds is 9. The third kappa shape index (κ3) is 7.63. The molecule has 250 valence electrons. The summed E-state index contributed by atoms with van der Waals surface area (Å²) in [5.41, 5.74) is 1.57. The van der Waals surface area contributed by atoms with Gasteiger partial charge in [0.05, 0.1) is 32.9 Å². The van der Waals surface area contributed by atoms with Crippen molar-refractivity contribution in [2.45, 2.75) is 110 Å². The smallest absolute Gasteiger partial charge is 0.257 e. The number of carbonyl (C=O) groups is 2. The summed E-state index contributed by atoms with van der Waals surface area (Å²) in [7, 11) is 0. The molecule has 1 aliphatic heterocycles. The molecule has 2 amide bonds. The maximum absolute atomic E-state index is 14.1. The topological polar surface area (TPSA) is 99.5 Å². The van der Waals surface area contributed by atoms with E-state index in [1.165, 1.54) is 13.8 Å². The van der Waals surface area contributed by atoms with Crippen LogP contribution in [0.15, 0.2) is 24.3 Å². The Hall–Kier alpha value is -2.88. The summed E-state index contributed by atoms with van der Waals surface area (Å²) in [6.45, 7) is 10.6. The molecule has 2 fully saturated rings. The summed E-state index contributed by atoms with van der Waals surface area (Å²) in [6.07, 6.45) is 5.70. The number of imidazole rings is 1. The van der Waals surface area contributed by atoms with E-state index in [0.717, 1.165) is 42.7 Å². The molecule has 1 aliphatic carbocycles. The van der Waals surface area contributed by atoms with E-state index in [4.69, 9.17) is 28.2 Å². The normalized spacial score (nSPS) is 20.2. The largest absolute Gasteiger partial charge is 0.390 e. The minimum absolute atomic E-state index is 0.0594. The Bertz CT molecular complexity index is 1600. The number of nitrogens with one attached hydrogen (secondary N) is 2. The van der Waals surface area contributed by atoms with Gasteiger partial charge in [-0.3, -0.25) is 9.59 Å². The van der Waals surface area contributed by atoms with Gasteiger partial charge in [-0.15, -0.1) is 0 Å². The fourth-order valence-corrected chi connectivity index (χ4v) is 7.10. The molecule has 0 bridgehead atoms. The maximum Gasteiger partial charge on any atom is 0.257 e. The molecule has 2 aromatic carbocycles. The molecule has 5 rings (SSSR count). The van der Waals surface area contributed by atoms with E-state index in [0.29, 0.717) is 77.1 Å². The Morgan fingerprint density at radius 2 is 1.80 bits per heavy atom. The van der Waals surface area contributed by atoms with Crippen molar-refractivity contribution in [3.05, 3.63) is 56.8 Å². The Morgan fingerprint density at radius 1 is 1.13 bits per heavy atom. The van der Waals surface area contributed by atoms with E-state index in [1.807, 2.05) is 19.9 Å². The highest BCUT2D eigenvalue weighted by molar-refractivity contribution is 6.36. The first-order valence-corrected chi connectivity index (χ1v) is 17.2. The first-order valence-electron chi connectivity index (χ1n) is 16.4. The molecule has 11 heteroatoms. The van der Waals surface area contributed by atoms with Gasteiger partial charge >= 0.3 is 0 Å². The standard InChI is InChI=1S/C35H46Cl2FN5O3/c1-6-43-29-19-28(42-15-13-35(5,46)14-16-42)25(32(44)40-23-10-7-21(2)8-11-23)17-27(29)41-30(43)18-24-26(36)12-9-22(31(24)37)20-39-33(45)34(3,4)38/h9,12,17,19,21,23,46H,6-8,10-11,13-16,18,20H2,1-5H3,(H,39,45)(H,40,44). The summed E-state index contributed by atoms with van der Waals surface area (Å²) in [5.74, 6) is 0.595. The fourth-order valence-electron chi connectivity index (χ4n) is 6.53. The van der Waals surface area contributed by atoms with Crippen molar-refractivity contribution in [3.8, 4) is 0 Å². The van der Waals surface area contributed by atoms with Gasteiger partial charge in [0.15, 0.2) is 5.67 Å². The summed E-state index contributed by atoms with van der Waals surface area (Å²) < 4.78 is 16.2. The molecule has 3 aromatic rings. The lowest BCUT2D eigenvalue weighted by molar-refractivity contribution is -0.130. The monoisotopic (exact) mass is 673 g/mol. The fraction of sp³-hybridized carbons (Fsp3) is 0.571. The van der Waals surface area contributed by atoms with E-state index in [9.17, 15) is 19.1 Å². The van der Waals surface area contributed by atoms with Crippen LogP contribution in [0, 0.1) is 5.92 Å². The van der Waals surface area contributed by atoms with E-state index in [1.54, 1.807) is 12.1 Å². The second-order valence-electron chi connectivity index (χ2n) is 13.9. The minimum atomic E-state index is -2.01. The molecule has 8 nitrogen and oxygen atoms in total. The zero-order chi connectivity index (χ0) is 33.4. The number of hydrogen-bond acceptors (Lipinski definition) is 5. The number of carbonyl (C=O) groups excluding carboxylic acids is 2. The van der Waals surface area contributed by atoms with E-state index >= 15 is 0 Å². The Morgan fingerprint density at radius 3 is 2.43 bits per heavy atom. The van der Waals surface area contributed by atoms with Gasteiger partial charge in [0.1, 0.15) is 5.82 Å². The Labute approximate surface area is 281 Å². The van der Waals surface area contributed by atoms with Gasteiger partial charge in [-0.05, 0) is 101 Å². The van der Waals surface area contributed by atoms with Crippen molar-refractivity contribution in [2.75, 3.05) is 18.0 Å². The summed E-state index contributed by atoms with van der Waals surface area (Å²) in [6, 6.07) is 7.54. The van der Waals surface area contributed by atoms with Crippen molar-refractivity contribution in [1.82, 2.24) is 20.2 Å². The van der Waals surface area contributed by atoms with Crippen molar-refractivity contribution >= 4 is 51.7 Å². The highest BCUT2D eigenvalue weighted by Crippen LogP contribution is 2.35. The molecule has 0 radical (unpaired) electrons. The highest BCUT2D eigenvalue weighted by atomic mass is 35.5. The third-order valence-corrected chi connectivity index (χ3v) is 10.4. The van der Waals surface area contributed by atoms with Crippen LogP contribution in [0.1, 0.15) is 100 Å². The van der Waals surface area contributed by atoms with E-state index < -0.39 is 17.2 Å². The second kappa shape index (κ2) is 13.7. The van der Waals surface area contributed by atoms with Crippen LogP contribution >= 0.6 is 23.2 Å². The van der Waals surface area contributed by atoms with E-state index in [-0.39, 0.29) is 18.5 Å². The number of hydrogen-bond donors (Lipinski definition) is 3. The molecule has 46 heavy (non-hydrogen) atoms. The molecular formula is C35H46Cl2FN5O3. The molecule has 0 atom stereocenters. The zero-order valence-corrected chi connectivity index (χ0v) is 29.0. The number of nitrogens with zero attached hydrogens (tertiary/aromatic N) is 3. The predicted molar refractivity (Wildman–Crippen MR) is 183 cm³/mol. The molecule has 1 saturated heterocycles. The van der Waals surface area contributed by atoms with Gasteiger partial charge in [-0.2, -0.15) is 0 Å². The zero-order valence-electron chi connectivity index (χ0n) is 27.5. The lowest BCUT2D eigenvalue weighted by Crippen LogP contribution is -2.43. The Balaban J connectivity index is 1.50. The van der Waals surface area contributed by atoms with Crippen LogP contribution in [-0.4, -0.2) is 56.9 Å². The average molecular weight is 675 g/mol. The molecule has 3 N–H and O–H groups in total. The number of piperidine rings is 1. The van der Waals surface area contributed by atoms with Crippen molar-refractivity contribution in [1.29, 1.82) is 0 Å². The molecule has 1 saturated carbocycles. The van der Waals surface area contributed by atoms with Gasteiger partial charge in [0, 0.05) is 43.7 Å². The van der Waals surface area contributed by atoms with Crippen LogP contribution in [0.5, 0.6) is 0 Å². The molecule has 2 heterocycles. The third-order valence-electron chi connectivity index (χ3n) is 9.62. The van der Waals surface area contributed by atoms with Crippen molar-refractivity contribution < 1.29 is 19.1 Å². The van der Waals surface area contributed by atoms with Crippen LogP contribution in [0.3, 0.4) is 0 Å². The van der Waals surface area contributed by atoms with Gasteiger partial charge in [0.25, 0.3) is 11.8 Å². The van der Waals surface area contributed by atoms with Gasteiger partial charge in [-0.25, -0.2) is 9.37 Å². The van der Waals surface area contributed by atoms with Crippen LogP contribution in [0.25, 0.3) is 11.0 Å². The number of benzene rings is 2. The molecule has 2 aliphatic rings. The minimum Gasteiger partial charge on any atom is -0.390 e. The van der Waals surface area contributed by atoms with Crippen LogP contribution in [0.2, 0.25) is 10.0 Å². The predicted octanol–water partition coefficient (Wildman–Crippen LogP) is 6.98. The number of alkyl halides is 1. The summed E-state index contributed by atoms with van der Waals surface area (Å²) in [4.78, 5) is 33.2. The molecule has 0 unspecified atom stereocenters.